The minimum absolute atomic E-state index is 0.0199. The zero-order valence-corrected chi connectivity index (χ0v) is 16.0. The second-order valence-electron chi connectivity index (χ2n) is 6.48. The van der Waals surface area contributed by atoms with E-state index in [4.69, 9.17) is 0 Å². The molecule has 0 bridgehead atoms. The third-order valence-electron chi connectivity index (χ3n) is 4.39. The molecule has 7 nitrogen and oxygen atoms in total. The second-order valence-corrected chi connectivity index (χ2v) is 7.49. The largest absolute Gasteiger partial charge is 0.378 e. The molecule has 0 saturated carbocycles. The first-order valence-electron chi connectivity index (χ1n) is 8.48. The van der Waals surface area contributed by atoms with Crippen LogP contribution in [0, 0.1) is 10.1 Å². The molecule has 0 aliphatic rings. The van der Waals surface area contributed by atoms with E-state index in [1.54, 1.807) is 18.3 Å². The van der Waals surface area contributed by atoms with Crippen molar-refractivity contribution < 1.29 is 4.92 Å². The molecule has 4 rings (SSSR count). The van der Waals surface area contributed by atoms with Gasteiger partial charge in [-0.3, -0.25) is 19.3 Å². The minimum Gasteiger partial charge on any atom is -0.378 e. The maximum atomic E-state index is 12.7. The van der Waals surface area contributed by atoms with Gasteiger partial charge < -0.3 is 4.90 Å². The predicted molar refractivity (Wildman–Crippen MR) is 111 cm³/mol. The number of nitro groups is 1. The molecular weight excluding hydrogens is 376 g/mol. The van der Waals surface area contributed by atoms with E-state index in [1.165, 1.54) is 27.9 Å². The van der Waals surface area contributed by atoms with Gasteiger partial charge in [-0.1, -0.05) is 23.5 Å². The van der Waals surface area contributed by atoms with E-state index in [-0.39, 0.29) is 11.2 Å². The fourth-order valence-electron chi connectivity index (χ4n) is 2.85. The molecule has 2 aromatic heterocycles. The average Bonchev–Trinajstić information content (AvgIpc) is 3.22. The summed E-state index contributed by atoms with van der Waals surface area (Å²) in [6.07, 6.45) is 3.52. The Morgan fingerprint density at radius 1 is 1.11 bits per heavy atom. The van der Waals surface area contributed by atoms with Crippen LogP contribution in [-0.4, -0.2) is 28.4 Å². The monoisotopic (exact) mass is 392 g/mol. The van der Waals surface area contributed by atoms with Crippen LogP contribution in [0.2, 0.25) is 0 Å². The van der Waals surface area contributed by atoms with Gasteiger partial charge in [0.1, 0.15) is 0 Å². The van der Waals surface area contributed by atoms with Crippen LogP contribution < -0.4 is 15.0 Å². The van der Waals surface area contributed by atoms with Crippen molar-refractivity contribution in [3.05, 3.63) is 85.3 Å². The first-order chi connectivity index (χ1) is 13.4. The molecule has 0 aliphatic carbocycles. The number of fused-ring (bicyclic) bond motifs is 1. The normalized spacial score (nSPS) is 11.9. The van der Waals surface area contributed by atoms with Crippen LogP contribution in [0.5, 0.6) is 0 Å². The quantitative estimate of drug-likeness (QED) is 0.394. The highest BCUT2D eigenvalue weighted by Gasteiger charge is 2.11. The van der Waals surface area contributed by atoms with Gasteiger partial charge in [0.05, 0.1) is 15.1 Å². The van der Waals surface area contributed by atoms with Gasteiger partial charge in [-0.15, -0.1) is 0 Å². The zero-order chi connectivity index (χ0) is 19.8. The molecule has 0 fully saturated rings. The lowest BCUT2D eigenvalue weighted by molar-refractivity contribution is -0.384. The van der Waals surface area contributed by atoms with Crippen molar-refractivity contribution in [2.75, 3.05) is 19.0 Å². The fourth-order valence-corrected chi connectivity index (χ4v) is 3.80. The van der Waals surface area contributed by atoms with Gasteiger partial charge in [0, 0.05) is 43.7 Å². The summed E-state index contributed by atoms with van der Waals surface area (Å²) in [5.41, 5.74) is 3.27. The molecule has 2 heterocycles. The minimum atomic E-state index is -0.446. The van der Waals surface area contributed by atoms with Crippen molar-refractivity contribution >= 4 is 33.7 Å². The van der Waals surface area contributed by atoms with E-state index < -0.39 is 4.92 Å². The Morgan fingerprint density at radius 3 is 2.36 bits per heavy atom. The third-order valence-corrected chi connectivity index (χ3v) is 5.37. The van der Waals surface area contributed by atoms with Gasteiger partial charge in [0.15, 0.2) is 4.96 Å². The standard InChI is InChI=1S/C20H16N4O3S/c1-22(2)15-7-3-13(4-8-15)11-18-19(25)23-12-17(21-20(23)28-18)14-5-9-16(10-6-14)24(26)27/h3-12H,1-2H3/b18-11+. The Bertz CT molecular complexity index is 1270. The highest BCUT2D eigenvalue weighted by molar-refractivity contribution is 7.15. The smallest absolute Gasteiger partial charge is 0.274 e. The Balaban J connectivity index is 1.70. The number of nitrogens with zero attached hydrogens (tertiary/aromatic N) is 4. The average molecular weight is 392 g/mol. The summed E-state index contributed by atoms with van der Waals surface area (Å²) in [5, 5.41) is 10.8. The maximum absolute atomic E-state index is 12.7. The number of hydrogen-bond donors (Lipinski definition) is 0. The fraction of sp³-hybridized carbons (Fsp3) is 0.100. The molecule has 28 heavy (non-hydrogen) atoms. The lowest BCUT2D eigenvalue weighted by Gasteiger charge is -2.11. The van der Waals surface area contributed by atoms with Crippen molar-refractivity contribution in [2.45, 2.75) is 0 Å². The summed E-state index contributed by atoms with van der Waals surface area (Å²) in [7, 11) is 3.95. The summed E-state index contributed by atoms with van der Waals surface area (Å²) in [6, 6.07) is 14.1. The van der Waals surface area contributed by atoms with Crippen molar-refractivity contribution in [2.24, 2.45) is 0 Å². The Labute approximate surface area is 164 Å². The zero-order valence-electron chi connectivity index (χ0n) is 15.2. The van der Waals surface area contributed by atoms with Gasteiger partial charge in [0.2, 0.25) is 0 Å². The number of aromatic nitrogens is 2. The number of hydrogen-bond acceptors (Lipinski definition) is 6. The Hall–Kier alpha value is -3.52. The van der Waals surface area contributed by atoms with Gasteiger partial charge in [-0.05, 0) is 35.9 Å². The van der Waals surface area contributed by atoms with Crippen LogP contribution in [0.1, 0.15) is 5.56 Å². The number of nitro benzene ring substituents is 1. The molecule has 0 spiro atoms. The van der Waals surface area contributed by atoms with Crippen molar-refractivity contribution in [3.63, 3.8) is 0 Å². The molecule has 140 valence electrons. The first kappa shape index (κ1) is 17.9. The lowest BCUT2D eigenvalue weighted by atomic mass is 10.1. The van der Waals surface area contributed by atoms with Gasteiger partial charge >= 0.3 is 0 Å². The highest BCUT2D eigenvalue weighted by Crippen LogP contribution is 2.22. The lowest BCUT2D eigenvalue weighted by Crippen LogP contribution is -2.22. The molecule has 0 radical (unpaired) electrons. The van der Waals surface area contributed by atoms with Crippen LogP contribution in [-0.2, 0) is 0 Å². The summed E-state index contributed by atoms with van der Waals surface area (Å²) in [5.74, 6) is 0. The molecule has 2 aromatic carbocycles. The summed E-state index contributed by atoms with van der Waals surface area (Å²) < 4.78 is 2.12. The van der Waals surface area contributed by atoms with Crippen LogP contribution >= 0.6 is 11.3 Å². The van der Waals surface area contributed by atoms with Crippen LogP contribution in [0.3, 0.4) is 0 Å². The van der Waals surface area contributed by atoms with E-state index >= 15 is 0 Å². The Kier molecular flexibility index (Phi) is 4.40. The molecule has 0 aliphatic heterocycles. The topological polar surface area (TPSA) is 80.8 Å². The number of benzene rings is 2. The number of anilines is 1. The van der Waals surface area contributed by atoms with Gasteiger partial charge in [-0.2, -0.15) is 0 Å². The van der Waals surface area contributed by atoms with E-state index in [9.17, 15) is 14.9 Å². The van der Waals surface area contributed by atoms with Crippen LogP contribution in [0.4, 0.5) is 11.4 Å². The molecule has 0 saturated heterocycles. The number of non-ortho nitro benzene ring substituents is 1. The molecule has 8 heteroatoms. The molecule has 0 amide bonds. The summed E-state index contributed by atoms with van der Waals surface area (Å²) in [6.45, 7) is 0. The van der Waals surface area contributed by atoms with Crippen molar-refractivity contribution in [3.8, 4) is 11.3 Å². The van der Waals surface area contributed by atoms with E-state index in [0.29, 0.717) is 15.2 Å². The number of imidazole rings is 1. The first-order valence-corrected chi connectivity index (χ1v) is 9.30. The molecule has 0 atom stereocenters. The number of rotatable bonds is 4. The summed E-state index contributed by atoms with van der Waals surface area (Å²) >= 11 is 1.32. The number of thiazole rings is 1. The van der Waals surface area contributed by atoms with E-state index in [1.807, 2.05) is 49.3 Å². The maximum Gasteiger partial charge on any atom is 0.274 e. The van der Waals surface area contributed by atoms with Crippen LogP contribution in [0.15, 0.2) is 59.5 Å². The van der Waals surface area contributed by atoms with Crippen molar-refractivity contribution in [1.29, 1.82) is 0 Å². The van der Waals surface area contributed by atoms with Crippen molar-refractivity contribution in [1.82, 2.24) is 9.38 Å². The van der Waals surface area contributed by atoms with Gasteiger partial charge in [0.25, 0.3) is 11.2 Å². The highest BCUT2D eigenvalue weighted by atomic mass is 32.1. The van der Waals surface area contributed by atoms with E-state index in [2.05, 4.69) is 4.98 Å². The van der Waals surface area contributed by atoms with E-state index in [0.717, 1.165) is 16.8 Å². The SMILES string of the molecule is CN(C)c1ccc(/C=c2/sc3nc(-c4ccc([N+](=O)[O-])cc4)cn3c2=O)cc1. The molecule has 4 aromatic rings. The summed E-state index contributed by atoms with van der Waals surface area (Å²) in [4.78, 5) is 30.1. The molecular formula is C20H16N4O3S. The third kappa shape index (κ3) is 3.25. The second kappa shape index (κ2) is 6.90. The molecule has 0 N–H and O–H groups in total. The van der Waals surface area contributed by atoms with Gasteiger partial charge in [-0.25, -0.2) is 4.98 Å². The Morgan fingerprint density at radius 2 is 1.79 bits per heavy atom. The van der Waals surface area contributed by atoms with Crippen LogP contribution in [0.25, 0.3) is 22.3 Å². The molecule has 0 unspecified atom stereocenters. The predicted octanol–water partition coefficient (Wildman–Crippen LogP) is 2.94.